The molecule has 0 radical (unpaired) electrons. The standard InChI is InChI=1S/C11H17N3O2/c1-4-8(5-2)13-11-12-7(3)6-9(14-11)10(15)16/h6,8H,4-5H2,1-3H3,(H,15,16)(H,12,13,14). The van der Waals surface area contributed by atoms with Gasteiger partial charge in [-0.3, -0.25) is 0 Å². The lowest BCUT2D eigenvalue weighted by Gasteiger charge is -2.14. The molecule has 0 aliphatic rings. The summed E-state index contributed by atoms with van der Waals surface area (Å²) >= 11 is 0. The number of hydrogen-bond acceptors (Lipinski definition) is 4. The van der Waals surface area contributed by atoms with Crippen LogP contribution in [0.25, 0.3) is 0 Å². The number of aromatic nitrogens is 2. The summed E-state index contributed by atoms with van der Waals surface area (Å²) < 4.78 is 0. The van der Waals surface area contributed by atoms with Crippen LogP contribution in [-0.2, 0) is 0 Å². The highest BCUT2D eigenvalue weighted by Crippen LogP contribution is 2.09. The van der Waals surface area contributed by atoms with Crippen LogP contribution in [-0.4, -0.2) is 27.1 Å². The zero-order chi connectivity index (χ0) is 12.1. The lowest BCUT2D eigenvalue weighted by molar-refractivity contribution is 0.0690. The third-order valence-corrected chi connectivity index (χ3v) is 2.39. The molecular weight excluding hydrogens is 206 g/mol. The van der Waals surface area contributed by atoms with E-state index in [2.05, 4.69) is 29.1 Å². The number of carboxylic acids is 1. The summed E-state index contributed by atoms with van der Waals surface area (Å²) in [6, 6.07) is 1.74. The Morgan fingerprint density at radius 1 is 1.44 bits per heavy atom. The van der Waals surface area contributed by atoms with Gasteiger partial charge in [-0.15, -0.1) is 0 Å². The molecule has 0 atom stereocenters. The number of hydrogen-bond donors (Lipinski definition) is 2. The lowest BCUT2D eigenvalue weighted by atomic mass is 10.2. The second-order valence-corrected chi connectivity index (χ2v) is 3.68. The topological polar surface area (TPSA) is 75.1 Å². The molecule has 0 fully saturated rings. The summed E-state index contributed by atoms with van der Waals surface area (Å²) in [6.45, 7) is 5.89. The summed E-state index contributed by atoms with van der Waals surface area (Å²) in [7, 11) is 0. The highest BCUT2D eigenvalue weighted by atomic mass is 16.4. The molecule has 0 saturated carbocycles. The maximum atomic E-state index is 10.8. The molecule has 0 unspecified atom stereocenters. The van der Waals surface area contributed by atoms with Crippen LogP contribution < -0.4 is 5.32 Å². The third-order valence-electron chi connectivity index (χ3n) is 2.39. The van der Waals surface area contributed by atoms with Crippen LogP contribution in [0.2, 0.25) is 0 Å². The number of nitrogens with zero attached hydrogens (tertiary/aromatic N) is 2. The van der Waals surface area contributed by atoms with Gasteiger partial charge in [0.2, 0.25) is 5.95 Å². The van der Waals surface area contributed by atoms with E-state index in [1.165, 1.54) is 6.07 Å². The van der Waals surface area contributed by atoms with E-state index in [0.717, 1.165) is 12.8 Å². The minimum absolute atomic E-state index is 0.0287. The maximum Gasteiger partial charge on any atom is 0.354 e. The van der Waals surface area contributed by atoms with Crippen molar-refractivity contribution in [3.8, 4) is 0 Å². The molecule has 0 aromatic carbocycles. The van der Waals surface area contributed by atoms with Crippen LogP contribution >= 0.6 is 0 Å². The molecule has 0 aliphatic carbocycles. The first kappa shape index (κ1) is 12.4. The van der Waals surface area contributed by atoms with Crippen LogP contribution in [0, 0.1) is 6.92 Å². The fourth-order valence-corrected chi connectivity index (χ4v) is 1.42. The Bertz CT molecular complexity index is 375. The Labute approximate surface area is 94.9 Å². The minimum atomic E-state index is -1.03. The normalized spacial score (nSPS) is 10.5. The molecule has 88 valence electrons. The molecule has 0 amide bonds. The van der Waals surface area contributed by atoms with E-state index in [4.69, 9.17) is 5.11 Å². The Morgan fingerprint density at radius 2 is 2.06 bits per heavy atom. The second kappa shape index (κ2) is 5.44. The van der Waals surface area contributed by atoms with Gasteiger partial charge in [0, 0.05) is 11.7 Å². The second-order valence-electron chi connectivity index (χ2n) is 3.68. The summed E-state index contributed by atoms with van der Waals surface area (Å²) in [6.07, 6.45) is 1.91. The van der Waals surface area contributed by atoms with Crippen molar-refractivity contribution in [2.75, 3.05) is 5.32 Å². The maximum absolute atomic E-state index is 10.8. The molecule has 1 heterocycles. The predicted molar refractivity (Wildman–Crippen MR) is 61.7 cm³/mol. The average molecular weight is 223 g/mol. The van der Waals surface area contributed by atoms with E-state index in [-0.39, 0.29) is 11.7 Å². The third kappa shape index (κ3) is 3.18. The van der Waals surface area contributed by atoms with Gasteiger partial charge in [-0.1, -0.05) is 13.8 Å². The highest BCUT2D eigenvalue weighted by Gasteiger charge is 2.10. The largest absolute Gasteiger partial charge is 0.477 e. The lowest BCUT2D eigenvalue weighted by Crippen LogP contribution is -2.20. The molecule has 1 aromatic rings. The number of nitrogens with one attached hydrogen (secondary N) is 1. The van der Waals surface area contributed by atoms with Crippen LogP contribution in [0.4, 0.5) is 5.95 Å². The van der Waals surface area contributed by atoms with Gasteiger partial charge >= 0.3 is 5.97 Å². The first-order valence-corrected chi connectivity index (χ1v) is 5.42. The number of carbonyl (C=O) groups is 1. The predicted octanol–water partition coefficient (Wildman–Crippen LogP) is 2.08. The SMILES string of the molecule is CCC(CC)Nc1nc(C)cc(C(=O)O)n1. The number of carboxylic acid groups (broad SMARTS) is 1. The van der Waals surface area contributed by atoms with Gasteiger partial charge in [0.05, 0.1) is 0 Å². The van der Waals surface area contributed by atoms with Crippen molar-refractivity contribution in [1.29, 1.82) is 0 Å². The fourth-order valence-electron chi connectivity index (χ4n) is 1.42. The molecule has 5 heteroatoms. The van der Waals surface area contributed by atoms with Crippen molar-refractivity contribution >= 4 is 11.9 Å². The fraction of sp³-hybridized carbons (Fsp3) is 0.545. The Morgan fingerprint density at radius 3 is 2.56 bits per heavy atom. The first-order valence-electron chi connectivity index (χ1n) is 5.42. The van der Waals surface area contributed by atoms with Crippen molar-refractivity contribution in [2.45, 2.75) is 39.7 Å². The molecule has 0 saturated heterocycles. The van der Waals surface area contributed by atoms with E-state index >= 15 is 0 Å². The minimum Gasteiger partial charge on any atom is -0.477 e. The van der Waals surface area contributed by atoms with E-state index < -0.39 is 5.97 Å². The quantitative estimate of drug-likeness (QED) is 0.799. The summed E-state index contributed by atoms with van der Waals surface area (Å²) in [5.74, 6) is -0.635. The average Bonchev–Trinajstić information content (AvgIpc) is 2.25. The van der Waals surface area contributed by atoms with Gasteiger partial charge in [0.1, 0.15) is 0 Å². The van der Waals surface area contributed by atoms with E-state index in [1.807, 2.05) is 0 Å². The number of rotatable bonds is 5. The van der Waals surface area contributed by atoms with E-state index in [1.54, 1.807) is 6.92 Å². The molecule has 1 rings (SSSR count). The monoisotopic (exact) mass is 223 g/mol. The number of anilines is 1. The summed E-state index contributed by atoms with van der Waals surface area (Å²) in [4.78, 5) is 18.9. The molecule has 5 nitrogen and oxygen atoms in total. The number of aromatic carboxylic acids is 1. The Hall–Kier alpha value is -1.65. The molecule has 2 N–H and O–H groups in total. The van der Waals surface area contributed by atoms with Crippen molar-refractivity contribution in [2.24, 2.45) is 0 Å². The van der Waals surface area contributed by atoms with E-state index in [9.17, 15) is 4.79 Å². The van der Waals surface area contributed by atoms with Crippen LogP contribution in [0.3, 0.4) is 0 Å². The van der Waals surface area contributed by atoms with Crippen molar-refractivity contribution in [3.63, 3.8) is 0 Å². The van der Waals surface area contributed by atoms with Crippen LogP contribution in [0.15, 0.2) is 6.07 Å². The van der Waals surface area contributed by atoms with Gasteiger partial charge < -0.3 is 10.4 Å². The van der Waals surface area contributed by atoms with Gasteiger partial charge in [0.25, 0.3) is 0 Å². The van der Waals surface area contributed by atoms with Gasteiger partial charge in [-0.2, -0.15) is 0 Å². The molecule has 16 heavy (non-hydrogen) atoms. The van der Waals surface area contributed by atoms with Crippen molar-refractivity contribution in [3.05, 3.63) is 17.5 Å². The van der Waals surface area contributed by atoms with Gasteiger partial charge in [-0.25, -0.2) is 14.8 Å². The molecule has 1 aromatic heterocycles. The van der Waals surface area contributed by atoms with Crippen molar-refractivity contribution in [1.82, 2.24) is 9.97 Å². The zero-order valence-corrected chi connectivity index (χ0v) is 9.82. The van der Waals surface area contributed by atoms with Crippen LogP contribution in [0.1, 0.15) is 42.9 Å². The molecule has 0 bridgehead atoms. The Balaban J connectivity index is 2.91. The molecular formula is C11H17N3O2. The molecule has 0 aliphatic heterocycles. The van der Waals surface area contributed by atoms with Crippen LogP contribution in [0.5, 0.6) is 0 Å². The van der Waals surface area contributed by atoms with E-state index in [0.29, 0.717) is 11.6 Å². The van der Waals surface area contributed by atoms with Crippen molar-refractivity contribution < 1.29 is 9.90 Å². The highest BCUT2D eigenvalue weighted by molar-refractivity contribution is 5.85. The molecule has 0 spiro atoms. The Kier molecular flexibility index (Phi) is 4.22. The smallest absolute Gasteiger partial charge is 0.354 e. The first-order chi connectivity index (χ1) is 7.56. The number of aryl methyl sites for hydroxylation is 1. The van der Waals surface area contributed by atoms with Gasteiger partial charge in [0.15, 0.2) is 5.69 Å². The summed E-state index contributed by atoms with van der Waals surface area (Å²) in [5.41, 5.74) is 0.682. The van der Waals surface area contributed by atoms with Gasteiger partial charge in [-0.05, 0) is 25.8 Å². The zero-order valence-electron chi connectivity index (χ0n) is 9.82. The summed E-state index contributed by atoms with van der Waals surface area (Å²) in [5, 5.41) is 12.0.